The summed E-state index contributed by atoms with van der Waals surface area (Å²) >= 11 is 1.59. The average Bonchev–Trinajstić information content (AvgIpc) is 2.64. The van der Waals surface area contributed by atoms with Gasteiger partial charge in [0.15, 0.2) is 0 Å². The minimum atomic E-state index is 0.894. The first-order valence-electron chi connectivity index (χ1n) is 4.89. The van der Waals surface area contributed by atoms with Crippen molar-refractivity contribution in [1.29, 1.82) is 0 Å². The first-order chi connectivity index (χ1) is 6.86. The standard InChI is InChI=1S/C6H5N3S.2C2H6/c1-4-9-5-2-7-3-8-6(5)10-4;2*1-2/h2-3H,1H3;2*1-2H3. The number of thiazole rings is 1. The van der Waals surface area contributed by atoms with Gasteiger partial charge in [-0.2, -0.15) is 0 Å². The molecule has 0 unspecified atom stereocenters. The maximum absolute atomic E-state index is 4.21. The molecule has 0 radical (unpaired) electrons. The molecule has 0 atom stereocenters. The van der Waals surface area contributed by atoms with Crippen molar-refractivity contribution in [2.24, 2.45) is 0 Å². The Hall–Kier alpha value is -1.03. The van der Waals surface area contributed by atoms with E-state index < -0.39 is 0 Å². The van der Waals surface area contributed by atoms with Crippen LogP contribution in [0, 0.1) is 6.92 Å². The molecule has 0 spiro atoms. The number of nitrogens with zero attached hydrogens (tertiary/aromatic N) is 3. The molecule has 0 aromatic carbocycles. The third kappa shape index (κ3) is 3.38. The van der Waals surface area contributed by atoms with E-state index in [1.807, 2.05) is 34.6 Å². The van der Waals surface area contributed by atoms with E-state index in [1.165, 1.54) is 0 Å². The van der Waals surface area contributed by atoms with Gasteiger partial charge < -0.3 is 0 Å². The highest BCUT2D eigenvalue weighted by atomic mass is 32.1. The van der Waals surface area contributed by atoms with Crippen LogP contribution < -0.4 is 0 Å². The Bertz CT molecular complexity index is 324. The summed E-state index contributed by atoms with van der Waals surface area (Å²) in [7, 11) is 0. The Labute approximate surface area is 89.2 Å². The monoisotopic (exact) mass is 211 g/mol. The number of aryl methyl sites for hydroxylation is 1. The average molecular weight is 211 g/mol. The largest absolute Gasteiger partial charge is 0.242 e. The fourth-order valence-corrected chi connectivity index (χ4v) is 1.53. The lowest BCUT2D eigenvalue weighted by Crippen LogP contribution is -1.74. The summed E-state index contributed by atoms with van der Waals surface area (Å²) < 4.78 is 0. The SMILES string of the molecule is CC.CC.Cc1nc2cncnc2s1. The molecule has 4 heteroatoms. The van der Waals surface area contributed by atoms with Crippen molar-refractivity contribution in [2.75, 3.05) is 0 Å². The van der Waals surface area contributed by atoms with Gasteiger partial charge in [-0.15, -0.1) is 0 Å². The molecule has 2 aromatic heterocycles. The summed E-state index contributed by atoms with van der Waals surface area (Å²) in [6.45, 7) is 9.96. The van der Waals surface area contributed by atoms with E-state index in [9.17, 15) is 0 Å². The van der Waals surface area contributed by atoms with Crippen molar-refractivity contribution in [3.05, 3.63) is 17.5 Å². The molecular weight excluding hydrogens is 194 g/mol. The molecule has 3 nitrogen and oxygen atoms in total. The lowest BCUT2D eigenvalue weighted by molar-refractivity contribution is 1.21. The second-order valence-electron chi connectivity index (χ2n) is 1.95. The molecule has 0 bridgehead atoms. The first kappa shape index (κ1) is 13.0. The van der Waals surface area contributed by atoms with Gasteiger partial charge in [0.25, 0.3) is 0 Å². The van der Waals surface area contributed by atoms with Crippen LogP contribution in [0.25, 0.3) is 10.3 Å². The van der Waals surface area contributed by atoms with Gasteiger partial charge in [-0.3, -0.25) is 0 Å². The predicted molar refractivity (Wildman–Crippen MR) is 62.6 cm³/mol. The molecule has 2 aromatic rings. The Kier molecular flexibility index (Phi) is 6.84. The molecule has 0 saturated heterocycles. The van der Waals surface area contributed by atoms with E-state index in [0.29, 0.717) is 0 Å². The molecule has 14 heavy (non-hydrogen) atoms. The predicted octanol–water partition coefficient (Wildman–Crippen LogP) is 3.45. The zero-order valence-corrected chi connectivity index (χ0v) is 10.2. The Morgan fingerprint density at radius 2 is 1.79 bits per heavy atom. The van der Waals surface area contributed by atoms with Crippen molar-refractivity contribution >= 4 is 21.7 Å². The fourth-order valence-electron chi connectivity index (χ4n) is 0.799. The molecule has 0 amide bonds. The number of hydrogen-bond acceptors (Lipinski definition) is 4. The van der Waals surface area contributed by atoms with Gasteiger partial charge in [-0.05, 0) is 6.92 Å². The van der Waals surface area contributed by atoms with Gasteiger partial charge >= 0.3 is 0 Å². The number of hydrogen-bond donors (Lipinski definition) is 0. The van der Waals surface area contributed by atoms with Crippen molar-refractivity contribution in [3.8, 4) is 0 Å². The van der Waals surface area contributed by atoms with Crippen LogP contribution >= 0.6 is 11.3 Å². The van der Waals surface area contributed by atoms with Crippen molar-refractivity contribution in [2.45, 2.75) is 34.6 Å². The zero-order chi connectivity index (χ0) is 11.0. The van der Waals surface area contributed by atoms with Gasteiger partial charge in [-0.1, -0.05) is 39.0 Å². The molecule has 0 aliphatic heterocycles. The fraction of sp³-hybridized carbons (Fsp3) is 0.500. The number of fused-ring (bicyclic) bond motifs is 1. The highest BCUT2D eigenvalue weighted by Crippen LogP contribution is 2.16. The van der Waals surface area contributed by atoms with E-state index in [1.54, 1.807) is 23.9 Å². The summed E-state index contributed by atoms with van der Waals surface area (Å²) in [4.78, 5) is 13.1. The van der Waals surface area contributed by atoms with Crippen LogP contribution in [0.4, 0.5) is 0 Å². The Balaban J connectivity index is 0.000000379. The molecule has 2 rings (SSSR count). The minimum absolute atomic E-state index is 0.894. The quantitative estimate of drug-likeness (QED) is 0.670. The summed E-state index contributed by atoms with van der Waals surface area (Å²) in [5.74, 6) is 0. The smallest absolute Gasteiger partial charge is 0.146 e. The van der Waals surface area contributed by atoms with Crippen LogP contribution in [0.3, 0.4) is 0 Å². The number of rotatable bonds is 0. The van der Waals surface area contributed by atoms with E-state index in [2.05, 4.69) is 15.0 Å². The summed E-state index contributed by atoms with van der Waals surface area (Å²) in [5, 5.41) is 1.04. The second kappa shape index (κ2) is 7.38. The van der Waals surface area contributed by atoms with Crippen molar-refractivity contribution < 1.29 is 0 Å². The Morgan fingerprint density at radius 1 is 1.14 bits per heavy atom. The van der Waals surface area contributed by atoms with Crippen LogP contribution in [-0.4, -0.2) is 15.0 Å². The van der Waals surface area contributed by atoms with Gasteiger partial charge in [0.05, 0.1) is 11.2 Å². The zero-order valence-electron chi connectivity index (χ0n) is 9.40. The molecule has 0 N–H and O–H groups in total. The second-order valence-corrected chi connectivity index (χ2v) is 3.13. The molecule has 0 aliphatic rings. The van der Waals surface area contributed by atoms with Crippen LogP contribution in [-0.2, 0) is 0 Å². The summed E-state index contributed by atoms with van der Waals surface area (Å²) in [6, 6.07) is 0. The Morgan fingerprint density at radius 3 is 2.36 bits per heavy atom. The highest BCUT2D eigenvalue weighted by molar-refractivity contribution is 7.18. The van der Waals surface area contributed by atoms with Gasteiger partial charge in [-0.25, -0.2) is 15.0 Å². The van der Waals surface area contributed by atoms with E-state index >= 15 is 0 Å². The highest BCUT2D eigenvalue weighted by Gasteiger charge is 1.97. The molecule has 78 valence electrons. The third-order valence-electron chi connectivity index (χ3n) is 1.18. The van der Waals surface area contributed by atoms with E-state index in [4.69, 9.17) is 0 Å². The third-order valence-corrected chi connectivity index (χ3v) is 2.07. The first-order valence-corrected chi connectivity index (χ1v) is 5.71. The maximum Gasteiger partial charge on any atom is 0.146 e. The molecule has 0 saturated carbocycles. The lowest BCUT2D eigenvalue weighted by Gasteiger charge is -1.79. The molecule has 0 fully saturated rings. The van der Waals surface area contributed by atoms with E-state index in [0.717, 1.165) is 15.4 Å². The van der Waals surface area contributed by atoms with Crippen molar-refractivity contribution in [3.63, 3.8) is 0 Å². The topological polar surface area (TPSA) is 38.7 Å². The molecule has 0 aliphatic carbocycles. The lowest BCUT2D eigenvalue weighted by atomic mass is 10.6. The normalized spacial score (nSPS) is 8.36. The summed E-state index contributed by atoms with van der Waals surface area (Å²) in [5.41, 5.74) is 0.894. The minimum Gasteiger partial charge on any atom is -0.242 e. The van der Waals surface area contributed by atoms with Gasteiger partial charge in [0, 0.05) is 0 Å². The van der Waals surface area contributed by atoms with Crippen LogP contribution in [0.5, 0.6) is 0 Å². The van der Waals surface area contributed by atoms with E-state index in [-0.39, 0.29) is 0 Å². The van der Waals surface area contributed by atoms with Gasteiger partial charge in [0.1, 0.15) is 16.7 Å². The summed E-state index contributed by atoms with van der Waals surface area (Å²) in [6.07, 6.45) is 3.27. The van der Waals surface area contributed by atoms with Crippen LogP contribution in [0.2, 0.25) is 0 Å². The van der Waals surface area contributed by atoms with Crippen molar-refractivity contribution in [1.82, 2.24) is 15.0 Å². The number of aromatic nitrogens is 3. The maximum atomic E-state index is 4.21. The van der Waals surface area contributed by atoms with Gasteiger partial charge in [0.2, 0.25) is 0 Å². The van der Waals surface area contributed by atoms with Crippen LogP contribution in [0.1, 0.15) is 32.7 Å². The molecule has 2 heterocycles. The molecular formula is C10H17N3S. The van der Waals surface area contributed by atoms with Crippen LogP contribution in [0.15, 0.2) is 12.5 Å².